The van der Waals surface area contributed by atoms with Gasteiger partial charge in [0, 0.05) is 17.0 Å². The van der Waals surface area contributed by atoms with Gasteiger partial charge in [0.05, 0.1) is 0 Å². The summed E-state index contributed by atoms with van der Waals surface area (Å²) in [5.74, 6) is -0.240. The second-order valence-corrected chi connectivity index (χ2v) is 6.67. The highest BCUT2D eigenvalue weighted by Gasteiger charge is 2.24. The summed E-state index contributed by atoms with van der Waals surface area (Å²) in [4.78, 5) is 27.0. The van der Waals surface area contributed by atoms with Crippen LogP contribution in [0.4, 0.5) is 0 Å². The fraction of sp³-hybridized carbons (Fsp3) is 0.600. The van der Waals surface area contributed by atoms with E-state index in [0.29, 0.717) is 5.25 Å². The molecule has 1 aliphatic carbocycles. The number of aromatic nitrogens is 1. The zero-order chi connectivity index (χ0) is 14.7. The number of amides is 1. The highest BCUT2D eigenvalue weighted by Crippen LogP contribution is 2.27. The highest BCUT2D eigenvalue weighted by molar-refractivity contribution is 7.99. The van der Waals surface area contributed by atoms with Gasteiger partial charge in [-0.25, -0.2) is 0 Å². The first kappa shape index (κ1) is 15.2. The molecule has 2 atom stereocenters. The minimum atomic E-state index is -0.294. The van der Waals surface area contributed by atoms with E-state index >= 15 is 0 Å². The molecule has 4 nitrogen and oxygen atoms in total. The van der Waals surface area contributed by atoms with E-state index in [0.717, 1.165) is 30.5 Å². The first-order valence-corrected chi connectivity index (χ1v) is 8.34. The smallest absolute Gasteiger partial charge is 0.261 e. The van der Waals surface area contributed by atoms with Crippen molar-refractivity contribution in [2.24, 2.45) is 0 Å². The van der Waals surface area contributed by atoms with E-state index in [2.05, 4.69) is 16.6 Å². The Morgan fingerprint density at radius 1 is 1.40 bits per heavy atom. The van der Waals surface area contributed by atoms with Gasteiger partial charge in [0.1, 0.15) is 5.56 Å². The summed E-state index contributed by atoms with van der Waals surface area (Å²) in [7, 11) is 0. The Kier molecular flexibility index (Phi) is 4.91. The standard InChI is InChI=1S/C15H22N2O2S/c1-9-7-10(2)16-14(18)13(9)15(19)17-11-5-4-6-12(8-11)20-3/h7,11-12H,4-6,8H2,1-3H3,(H,16,18)(H,17,19). The topological polar surface area (TPSA) is 62.0 Å². The number of carbonyl (C=O) groups excluding carboxylic acids is 1. The van der Waals surface area contributed by atoms with Crippen LogP contribution in [0.1, 0.15) is 47.3 Å². The van der Waals surface area contributed by atoms with Gasteiger partial charge in [-0.05, 0) is 51.0 Å². The van der Waals surface area contributed by atoms with Crippen LogP contribution in [0.3, 0.4) is 0 Å². The Hall–Kier alpha value is -1.23. The normalized spacial score (nSPS) is 22.6. The Labute approximate surface area is 123 Å². The van der Waals surface area contributed by atoms with Crippen LogP contribution in [-0.2, 0) is 0 Å². The van der Waals surface area contributed by atoms with Gasteiger partial charge >= 0.3 is 0 Å². The van der Waals surface area contributed by atoms with E-state index in [1.54, 1.807) is 0 Å². The third-order valence-electron chi connectivity index (χ3n) is 3.89. The molecule has 2 rings (SSSR count). The van der Waals surface area contributed by atoms with Crippen molar-refractivity contribution in [1.29, 1.82) is 0 Å². The first-order valence-electron chi connectivity index (χ1n) is 7.05. The summed E-state index contributed by atoms with van der Waals surface area (Å²) in [6.07, 6.45) is 6.47. The maximum Gasteiger partial charge on any atom is 0.261 e. The number of pyridine rings is 1. The fourth-order valence-corrected chi connectivity index (χ4v) is 3.71. The molecule has 1 amide bonds. The number of H-pyrrole nitrogens is 1. The Morgan fingerprint density at radius 3 is 2.80 bits per heavy atom. The van der Waals surface area contributed by atoms with Gasteiger partial charge in [-0.15, -0.1) is 0 Å². The molecular formula is C15H22N2O2S. The molecule has 0 bridgehead atoms. The summed E-state index contributed by atoms with van der Waals surface area (Å²) in [6, 6.07) is 2.02. The van der Waals surface area contributed by atoms with Gasteiger partial charge in [0.15, 0.2) is 0 Å². The van der Waals surface area contributed by atoms with Gasteiger partial charge < -0.3 is 10.3 Å². The molecule has 0 spiro atoms. The van der Waals surface area contributed by atoms with Gasteiger partial charge in [0.25, 0.3) is 11.5 Å². The summed E-state index contributed by atoms with van der Waals surface area (Å²) in [5, 5.41) is 3.65. The van der Waals surface area contributed by atoms with Crippen molar-refractivity contribution in [3.05, 3.63) is 33.2 Å². The maximum atomic E-state index is 12.3. The molecule has 1 saturated carbocycles. The van der Waals surface area contributed by atoms with Crippen LogP contribution in [0, 0.1) is 13.8 Å². The average molecular weight is 294 g/mol. The number of rotatable bonds is 3. The van der Waals surface area contributed by atoms with Crippen molar-refractivity contribution in [3.8, 4) is 0 Å². The van der Waals surface area contributed by atoms with Gasteiger partial charge in [-0.3, -0.25) is 9.59 Å². The number of carbonyl (C=O) groups is 1. The fourth-order valence-electron chi connectivity index (χ4n) is 2.88. The number of hydrogen-bond donors (Lipinski definition) is 2. The molecule has 2 unspecified atom stereocenters. The van der Waals surface area contributed by atoms with Crippen LogP contribution in [-0.4, -0.2) is 28.4 Å². The molecule has 1 aromatic rings. The quantitative estimate of drug-likeness (QED) is 0.900. The molecule has 110 valence electrons. The van der Waals surface area contributed by atoms with Crippen LogP contribution in [0.2, 0.25) is 0 Å². The van der Waals surface area contributed by atoms with Crippen molar-refractivity contribution >= 4 is 17.7 Å². The largest absolute Gasteiger partial charge is 0.349 e. The van der Waals surface area contributed by atoms with E-state index in [9.17, 15) is 9.59 Å². The lowest BCUT2D eigenvalue weighted by molar-refractivity contribution is 0.0926. The molecule has 1 heterocycles. The van der Waals surface area contributed by atoms with Crippen molar-refractivity contribution in [2.75, 3.05) is 6.26 Å². The maximum absolute atomic E-state index is 12.3. The van der Waals surface area contributed by atoms with Crippen molar-refractivity contribution in [3.63, 3.8) is 0 Å². The van der Waals surface area contributed by atoms with Crippen LogP contribution >= 0.6 is 11.8 Å². The monoisotopic (exact) mass is 294 g/mol. The number of nitrogens with one attached hydrogen (secondary N) is 2. The van der Waals surface area contributed by atoms with Gasteiger partial charge in [-0.2, -0.15) is 11.8 Å². The predicted molar refractivity (Wildman–Crippen MR) is 83.6 cm³/mol. The predicted octanol–water partition coefficient (Wildman–Crippen LogP) is 2.40. The summed E-state index contributed by atoms with van der Waals surface area (Å²) < 4.78 is 0. The van der Waals surface area contributed by atoms with Crippen molar-refractivity contribution in [2.45, 2.75) is 50.8 Å². The second kappa shape index (κ2) is 6.48. The van der Waals surface area contributed by atoms with E-state index in [-0.39, 0.29) is 23.1 Å². The average Bonchev–Trinajstić information content (AvgIpc) is 2.37. The van der Waals surface area contributed by atoms with Crippen LogP contribution in [0.15, 0.2) is 10.9 Å². The first-order chi connectivity index (χ1) is 9.51. The summed E-state index contributed by atoms with van der Waals surface area (Å²) in [6.45, 7) is 3.63. The zero-order valence-electron chi connectivity index (χ0n) is 12.3. The Balaban J connectivity index is 2.11. The van der Waals surface area contributed by atoms with Crippen molar-refractivity contribution < 1.29 is 4.79 Å². The van der Waals surface area contributed by atoms with Crippen molar-refractivity contribution in [1.82, 2.24) is 10.3 Å². The third-order valence-corrected chi connectivity index (χ3v) is 4.98. The van der Waals surface area contributed by atoms with E-state index in [4.69, 9.17) is 0 Å². The molecule has 1 aromatic heterocycles. The molecule has 0 saturated heterocycles. The number of hydrogen-bond acceptors (Lipinski definition) is 3. The molecule has 0 aromatic carbocycles. The van der Waals surface area contributed by atoms with Gasteiger partial charge in [-0.1, -0.05) is 6.42 Å². The molecule has 20 heavy (non-hydrogen) atoms. The number of aryl methyl sites for hydroxylation is 2. The molecule has 0 radical (unpaired) electrons. The Bertz CT molecular complexity index is 553. The summed E-state index contributed by atoms with van der Waals surface area (Å²) >= 11 is 1.86. The lowest BCUT2D eigenvalue weighted by Crippen LogP contribution is -2.41. The Morgan fingerprint density at radius 2 is 2.15 bits per heavy atom. The van der Waals surface area contributed by atoms with E-state index in [1.165, 1.54) is 6.42 Å². The molecule has 0 aliphatic heterocycles. The SMILES string of the molecule is CSC1CCCC(NC(=O)c2c(C)cc(C)[nH]c2=O)C1. The molecule has 1 fully saturated rings. The lowest BCUT2D eigenvalue weighted by Gasteiger charge is -2.28. The molecule has 1 aliphatic rings. The lowest BCUT2D eigenvalue weighted by atomic mass is 9.94. The zero-order valence-corrected chi connectivity index (χ0v) is 13.1. The number of aromatic amines is 1. The van der Waals surface area contributed by atoms with Crippen LogP contribution < -0.4 is 10.9 Å². The third kappa shape index (κ3) is 3.45. The number of thioether (sulfide) groups is 1. The molecule has 2 N–H and O–H groups in total. The van der Waals surface area contributed by atoms with E-state index in [1.807, 2.05) is 31.7 Å². The molecular weight excluding hydrogens is 272 g/mol. The second-order valence-electron chi connectivity index (χ2n) is 5.53. The minimum absolute atomic E-state index is 0.189. The minimum Gasteiger partial charge on any atom is -0.349 e. The van der Waals surface area contributed by atoms with E-state index < -0.39 is 0 Å². The molecule has 5 heteroatoms. The van der Waals surface area contributed by atoms with Crippen LogP contribution in [0.5, 0.6) is 0 Å². The van der Waals surface area contributed by atoms with Crippen LogP contribution in [0.25, 0.3) is 0 Å². The van der Waals surface area contributed by atoms with Gasteiger partial charge in [0.2, 0.25) is 0 Å². The highest BCUT2D eigenvalue weighted by atomic mass is 32.2. The summed E-state index contributed by atoms with van der Waals surface area (Å²) in [5.41, 5.74) is 1.48.